The number of piperidine rings is 1. The molecule has 6 nitrogen and oxygen atoms in total. The number of amides is 1. The summed E-state index contributed by atoms with van der Waals surface area (Å²) in [4.78, 5) is 13.8. The number of aromatic nitrogens is 2. The largest absolute Gasteiger partial charge is 0.396 e. The van der Waals surface area contributed by atoms with Crippen LogP contribution in [0.5, 0.6) is 0 Å². The molecule has 1 saturated heterocycles. The number of likely N-dealkylation sites (tertiary alicyclic amines) is 1. The number of benzene rings is 1. The summed E-state index contributed by atoms with van der Waals surface area (Å²) in [6.07, 6.45) is 2.84. The summed E-state index contributed by atoms with van der Waals surface area (Å²) in [7, 11) is 0. The van der Waals surface area contributed by atoms with E-state index in [0.29, 0.717) is 18.1 Å². The summed E-state index contributed by atoms with van der Waals surface area (Å²) in [6, 6.07) is 3.63. The van der Waals surface area contributed by atoms with Gasteiger partial charge in [-0.3, -0.25) is 9.89 Å². The maximum atomic E-state index is 12.0. The van der Waals surface area contributed by atoms with E-state index in [4.69, 9.17) is 16.7 Å². The van der Waals surface area contributed by atoms with Gasteiger partial charge < -0.3 is 15.1 Å². The molecule has 0 aliphatic carbocycles. The molecule has 1 fully saturated rings. The van der Waals surface area contributed by atoms with Crippen molar-refractivity contribution < 1.29 is 15.0 Å². The Balaban J connectivity index is 1.77. The molecular formula is C19H26ClN3O3. The zero-order valence-corrected chi connectivity index (χ0v) is 16.0. The summed E-state index contributed by atoms with van der Waals surface area (Å²) >= 11 is 6.23. The van der Waals surface area contributed by atoms with Crippen LogP contribution >= 0.6 is 11.6 Å². The highest BCUT2D eigenvalue weighted by molar-refractivity contribution is 6.31. The second-order valence-corrected chi connectivity index (χ2v) is 8.12. The quantitative estimate of drug-likeness (QED) is 0.745. The summed E-state index contributed by atoms with van der Waals surface area (Å²) in [6.45, 7) is 5.34. The van der Waals surface area contributed by atoms with Crippen LogP contribution in [0.25, 0.3) is 10.9 Å². The average Bonchev–Trinajstić information content (AvgIpc) is 3.09. The van der Waals surface area contributed by atoms with Crippen LogP contribution in [0, 0.1) is 11.3 Å². The van der Waals surface area contributed by atoms with Gasteiger partial charge in [0, 0.05) is 35.5 Å². The number of rotatable bonds is 5. The first kappa shape index (κ1) is 19.1. The number of hydrogen-bond donors (Lipinski definition) is 3. The fraction of sp³-hybridized carbons (Fsp3) is 0.579. The summed E-state index contributed by atoms with van der Waals surface area (Å²) in [5.41, 5.74) is 1.19. The Hall–Kier alpha value is -1.63. The minimum atomic E-state index is -0.700. The highest BCUT2D eigenvalue weighted by Crippen LogP contribution is 2.46. The van der Waals surface area contributed by atoms with Gasteiger partial charge in [0.15, 0.2) is 0 Å². The smallest absolute Gasteiger partial charge is 0.224 e. The number of aliphatic hydroxyl groups is 2. The molecule has 3 rings (SSSR count). The van der Waals surface area contributed by atoms with Crippen LogP contribution in [0.2, 0.25) is 5.02 Å². The minimum Gasteiger partial charge on any atom is -0.396 e. The summed E-state index contributed by atoms with van der Waals surface area (Å²) in [5, 5.41) is 28.6. The van der Waals surface area contributed by atoms with Gasteiger partial charge in [-0.2, -0.15) is 5.10 Å². The number of aromatic amines is 1. The third-order valence-corrected chi connectivity index (χ3v) is 5.99. The van der Waals surface area contributed by atoms with E-state index in [1.54, 1.807) is 12.3 Å². The first-order valence-electron chi connectivity index (χ1n) is 9.03. The van der Waals surface area contributed by atoms with Crippen molar-refractivity contribution in [2.24, 2.45) is 11.3 Å². The Bertz CT molecular complexity index is 781. The topological polar surface area (TPSA) is 89.5 Å². The first-order valence-corrected chi connectivity index (χ1v) is 9.41. The van der Waals surface area contributed by atoms with Gasteiger partial charge in [0.2, 0.25) is 5.91 Å². The van der Waals surface area contributed by atoms with Crippen molar-refractivity contribution in [1.82, 2.24) is 15.1 Å². The lowest BCUT2D eigenvalue weighted by Gasteiger charge is -2.43. The number of halogens is 1. The van der Waals surface area contributed by atoms with Crippen LogP contribution in [-0.2, 0) is 4.79 Å². The molecular weight excluding hydrogens is 354 g/mol. The van der Waals surface area contributed by atoms with Crippen molar-refractivity contribution in [2.75, 3.05) is 19.7 Å². The number of H-pyrrole nitrogens is 1. The average molecular weight is 380 g/mol. The Labute approximate surface area is 158 Å². The lowest BCUT2D eigenvalue weighted by molar-refractivity contribution is -0.134. The fourth-order valence-electron chi connectivity index (χ4n) is 4.01. The van der Waals surface area contributed by atoms with E-state index in [1.807, 2.05) is 11.0 Å². The van der Waals surface area contributed by atoms with Gasteiger partial charge in [-0.25, -0.2) is 0 Å². The van der Waals surface area contributed by atoms with Crippen LogP contribution in [0.15, 0.2) is 18.3 Å². The van der Waals surface area contributed by atoms with E-state index >= 15 is 0 Å². The predicted octanol–water partition coefficient (Wildman–Crippen LogP) is 2.90. The molecule has 1 aliphatic heterocycles. The molecule has 1 aromatic heterocycles. The van der Waals surface area contributed by atoms with Crippen molar-refractivity contribution >= 4 is 28.4 Å². The minimum absolute atomic E-state index is 0.00156. The van der Waals surface area contributed by atoms with Crippen LogP contribution < -0.4 is 0 Å². The molecule has 0 bridgehead atoms. The van der Waals surface area contributed by atoms with E-state index in [9.17, 15) is 9.90 Å². The molecule has 3 N–H and O–H groups in total. The first-order chi connectivity index (χ1) is 12.3. The summed E-state index contributed by atoms with van der Waals surface area (Å²) in [5.74, 6) is 0.269. The van der Waals surface area contributed by atoms with Crippen molar-refractivity contribution in [2.45, 2.75) is 39.2 Å². The van der Waals surface area contributed by atoms with E-state index in [2.05, 4.69) is 24.0 Å². The molecule has 7 heteroatoms. The molecule has 1 amide bonds. The van der Waals surface area contributed by atoms with Gasteiger partial charge in [-0.1, -0.05) is 25.4 Å². The maximum Gasteiger partial charge on any atom is 0.224 e. The second kappa shape index (κ2) is 7.55. The molecule has 1 atom stereocenters. The number of carbonyl (C=O) groups excluding carboxylic acids is 1. The molecule has 0 saturated carbocycles. The van der Waals surface area contributed by atoms with Crippen LogP contribution in [0.1, 0.15) is 44.8 Å². The molecule has 0 spiro atoms. The number of carbonyl (C=O) groups is 1. The molecule has 0 radical (unpaired) electrons. The standard InChI is InChI=1S/C19H26ClN3O3/c1-19(2,13-3-6-23(7-4-13)16(25)5-8-24)18(26)15-10-14(20)9-12-11-21-22-17(12)15/h9-11,13,18,24,26H,3-8H2,1-2H3,(H,21,22)/t18-/m1/s1. The Kier molecular flexibility index (Phi) is 5.55. The van der Waals surface area contributed by atoms with Crippen LogP contribution in [-0.4, -0.2) is 50.9 Å². The predicted molar refractivity (Wildman–Crippen MR) is 101 cm³/mol. The highest BCUT2D eigenvalue weighted by Gasteiger charge is 2.40. The molecule has 2 aromatic rings. The molecule has 1 aromatic carbocycles. The van der Waals surface area contributed by atoms with Crippen LogP contribution in [0.3, 0.4) is 0 Å². The fourth-order valence-corrected chi connectivity index (χ4v) is 4.25. The number of fused-ring (bicyclic) bond motifs is 1. The highest BCUT2D eigenvalue weighted by atomic mass is 35.5. The van der Waals surface area contributed by atoms with E-state index in [0.717, 1.165) is 29.3 Å². The second-order valence-electron chi connectivity index (χ2n) is 7.68. The normalized spacial score (nSPS) is 17.7. The number of nitrogens with zero attached hydrogens (tertiary/aromatic N) is 2. The maximum absolute atomic E-state index is 12.0. The molecule has 142 valence electrons. The van der Waals surface area contributed by atoms with Crippen molar-refractivity contribution in [1.29, 1.82) is 0 Å². The van der Waals surface area contributed by atoms with Crippen LogP contribution in [0.4, 0.5) is 0 Å². The van der Waals surface area contributed by atoms with Crippen molar-refractivity contribution in [3.63, 3.8) is 0 Å². The zero-order valence-electron chi connectivity index (χ0n) is 15.2. The molecule has 2 heterocycles. The van der Waals surface area contributed by atoms with Gasteiger partial charge in [-0.05, 0) is 36.3 Å². The molecule has 26 heavy (non-hydrogen) atoms. The monoisotopic (exact) mass is 379 g/mol. The van der Waals surface area contributed by atoms with E-state index in [-0.39, 0.29) is 30.3 Å². The lowest BCUT2D eigenvalue weighted by Crippen LogP contribution is -2.43. The van der Waals surface area contributed by atoms with Gasteiger partial charge in [0.25, 0.3) is 0 Å². The van der Waals surface area contributed by atoms with E-state index < -0.39 is 6.10 Å². The summed E-state index contributed by atoms with van der Waals surface area (Å²) < 4.78 is 0. The van der Waals surface area contributed by atoms with Gasteiger partial charge >= 0.3 is 0 Å². The van der Waals surface area contributed by atoms with Gasteiger partial charge in [0.05, 0.1) is 24.4 Å². The number of nitrogens with one attached hydrogen (secondary N) is 1. The number of hydrogen-bond acceptors (Lipinski definition) is 4. The Morgan fingerprint density at radius 1 is 1.42 bits per heavy atom. The Morgan fingerprint density at radius 2 is 2.12 bits per heavy atom. The third-order valence-electron chi connectivity index (χ3n) is 5.77. The van der Waals surface area contributed by atoms with E-state index in [1.165, 1.54) is 0 Å². The molecule has 1 aliphatic rings. The number of aliphatic hydroxyl groups excluding tert-OH is 2. The van der Waals surface area contributed by atoms with Crippen molar-refractivity contribution in [3.05, 3.63) is 28.9 Å². The Morgan fingerprint density at radius 3 is 2.77 bits per heavy atom. The van der Waals surface area contributed by atoms with Gasteiger partial charge in [0.1, 0.15) is 0 Å². The SMILES string of the molecule is CC(C)(C1CCN(C(=O)CCO)CC1)[C@H](O)c1cc(Cl)cc2cn[nH]c12. The molecule has 0 unspecified atom stereocenters. The van der Waals surface area contributed by atoms with Crippen molar-refractivity contribution in [3.8, 4) is 0 Å². The van der Waals surface area contributed by atoms with Gasteiger partial charge in [-0.15, -0.1) is 0 Å². The lowest BCUT2D eigenvalue weighted by atomic mass is 9.68. The zero-order chi connectivity index (χ0) is 18.9. The third kappa shape index (κ3) is 3.59.